The Kier molecular flexibility index (Phi) is 7.62. The molecule has 0 radical (unpaired) electrons. The molecule has 0 aliphatic heterocycles. The van der Waals surface area contributed by atoms with Crippen LogP contribution in [0.4, 0.5) is 5.82 Å². The van der Waals surface area contributed by atoms with Crippen molar-refractivity contribution in [3.8, 4) is 11.5 Å². The van der Waals surface area contributed by atoms with Crippen LogP contribution in [0.2, 0.25) is 0 Å². The van der Waals surface area contributed by atoms with Crippen LogP contribution >= 0.6 is 0 Å². The number of carbonyl (C=O) groups excluding carboxylic acids is 1. The molecule has 2 aromatic rings. The van der Waals surface area contributed by atoms with Gasteiger partial charge in [0.1, 0.15) is 23.4 Å². The van der Waals surface area contributed by atoms with Gasteiger partial charge in [-0.05, 0) is 19.1 Å². The highest BCUT2D eigenvalue weighted by Crippen LogP contribution is 2.23. The second-order valence-electron chi connectivity index (χ2n) is 4.52. The van der Waals surface area contributed by atoms with Crippen LogP contribution in [0.15, 0.2) is 30.5 Å². The number of hydrogen-bond acceptors (Lipinski definition) is 5. The zero-order valence-electron chi connectivity index (χ0n) is 13.8. The molecule has 3 N–H and O–H groups in total. The molecule has 0 unspecified atom stereocenters. The number of aromatic hydroxyl groups is 1. The van der Waals surface area contributed by atoms with E-state index in [-0.39, 0.29) is 23.3 Å². The maximum absolute atomic E-state index is 12.1. The number of anilines is 1. The summed E-state index contributed by atoms with van der Waals surface area (Å²) in [6.45, 7) is 6.24. The van der Waals surface area contributed by atoms with E-state index in [2.05, 4.69) is 15.5 Å². The van der Waals surface area contributed by atoms with Gasteiger partial charge < -0.3 is 19.9 Å². The van der Waals surface area contributed by atoms with E-state index in [1.165, 1.54) is 18.3 Å². The summed E-state index contributed by atoms with van der Waals surface area (Å²) in [5, 5.41) is 18.7. The van der Waals surface area contributed by atoms with E-state index in [9.17, 15) is 9.90 Å². The second kappa shape index (κ2) is 9.47. The Morgan fingerprint density at radius 3 is 2.74 bits per heavy atom. The lowest BCUT2D eigenvalue weighted by Crippen LogP contribution is -2.18. The first-order chi connectivity index (χ1) is 11.1. The monoisotopic (exact) mass is 321 g/mol. The third-order valence-corrected chi connectivity index (χ3v) is 2.64. The van der Waals surface area contributed by atoms with Crippen LogP contribution in [0.3, 0.4) is 0 Å². The average molecular weight is 321 g/mol. The van der Waals surface area contributed by atoms with Crippen molar-refractivity contribution >= 4 is 11.7 Å². The van der Waals surface area contributed by atoms with Gasteiger partial charge in [0.25, 0.3) is 5.91 Å². The van der Waals surface area contributed by atoms with E-state index in [1.807, 2.05) is 20.8 Å². The third kappa shape index (κ3) is 5.99. The lowest BCUT2D eigenvalue weighted by atomic mass is 10.2. The molecule has 1 atom stereocenters. The van der Waals surface area contributed by atoms with Crippen molar-refractivity contribution in [3.63, 3.8) is 0 Å². The van der Waals surface area contributed by atoms with E-state index in [4.69, 9.17) is 9.47 Å². The van der Waals surface area contributed by atoms with E-state index in [0.717, 1.165) is 0 Å². The van der Waals surface area contributed by atoms with Crippen molar-refractivity contribution in [1.29, 1.82) is 0 Å². The fourth-order valence-corrected chi connectivity index (χ4v) is 1.80. The number of methoxy groups -OCH3 is 1. The lowest BCUT2D eigenvalue weighted by molar-refractivity contribution is 0.0915. The first-order valence-corrected chi connectivity index (χ1v) is 7.39. The quantitative estimate of drug-likeness (QED) is 0.760. The topological polar surface area (TPSA) is 96.5 Å². The largest absolute Gasteiger partial charge is 0.508 e. The van der Waals surface area contributed by atoms with Crippen molar-refractivity contribution in [2.75, 3.05) is 19.0 Å². The highest BCUT2D eigenvalue weighted by molar-refractivity contribution is 6.04. The van der Waals surface area contributed by atoms with Crippen LogP contribution in [0.25, 0.3) is 0 Å². The fourth-order valence-electron chi connectivity index (χ4n) is 1.80. The van der Waals surface area contributed by atoms with Crippen LogP contribution < -0.4 is 10.1 Å². The molecule has 1 aromatic carbocycles. The number of amides is 1. The molecule has 7 nitrogen and oxygen atoms in total. The molecular formula is C16H23N3O4. The van der Waals surface area contributed by atoms with Gasteiger partial charge in [-0.25, -0.2) is 0 Å². The number of aromatic nitrogens is 2. The van der Waals surface area contributed by atoms with Crippen LogP contribution in [0.1, 0.15) is 31.1 Å². The Bertz CT molecular complexity index is 599. The minimum atomic E-state index is -0.376. The minimum absolute atomic E-state index is 0.0492. The van der Waals surface area contributed by atoms with Crippen molar-refractivity contribution in [2.45, 2.75) is 26.9 Å². The molecule has 0 saturated carbocycles. The Balaban J connectivity index is 0.00000127. The Morgan fingerprint density at radius 1 is 1.39 bits per heavy atom. The van der Waals surface area contributed by atoms with Crippen LogP contribution in [-0.4, -0.2) is 41.0 Å². The molecule has 0 bridgehead atoms. The molecule has 23 heavy (non-hydrogen) atoms. The van der Waals surface area contributed by atoms with Gasteiger partial charge in [-0.15, -0.1) is 0 Å². The number of phenols is 1. The summed E-state index contributed by atoms with van der Waals surface area (Å²) in [6.07, 6.45) is 1.33. The molecule has 0 spiro atoms. The molecule has 7 heteroatoms. The van der Waals surface area contributed by atoms with Gasteiger partial charge in [-0.1, -0.05) is 13.8 Å². The molecule has 1 amide bonds. The molecular weight excluding hydrogens is 298 g/mol. The number of nitrogens with zero attached hydrogens (tertiary/aromatic N) is 1. The van der Waals surface area contributed by atoms with Gasteiger partial charge >= 0.3 is 0 Å². The van der Waals surface area contributed by atoms with Crippen molar-refractivity contribution in [1.82, 2.24) is 10.2 Å². The third-order valence-electron chi connectivity index (χ3n) is 2.64. The summed E-state index contributed by atoms with van der Waals surface area (Å²) in [7, 11) is 1.57. The fraction of sp³-hybridized carbons (Fsp3) is 0.375. The first-order valence-electron chi connectivity index (χ1n) is 7.39. The molecule has 0 saturated heterocycles. The number of nitrogens with one attached hydrogen (secondary N) is 2. The van der Waals surface area contributed by atoms with Gasteiger partial charge in [0, 0.05) is 24.8 Å². The summed E-state index contributed by atoms with van der Waals surface area (Å²) in [6, 6.07) is 5.98. The van der Waals surface area contributed by atoms with Crippen molar-refractivity contribution < 1.29 is 19.4 Å². The molecule has 0 aliphatic carbocycles. The molecule has 2 rings (SSSR count). The number of carbonyl (C=O) groups is 1. The molecule has 0 fully saturated rings. The number of H-pyrrole nitrogens is 1. The lowest BCUT2D eigenvalue weighted by Gasteiger charge is -2.14. The number of ether oxygens (including phenoxy) is 2. The predicted molar refractivity (Wildman–Crippen MR) is 88.0 cm³/mol. The summed E-state index contributed by atoms with van der Waals surface area (Å²) < 4.78 is 10.6. The maximum atomic E-state index is 12.1. The first kappa shape index (κ1) is 18.5. The number of phenolic OH excluding ortho intramolecular Hbond substituents is 1. The van der Waals surface area contributed by atoms with Gasteiger partial charge in [-0.2, -0.15) is 5.10 Å². The van der Waals surface area contributed by atoms with Gasteiger partial charge in [0.05, 0.1) is 12.8 Å². The van der Waals surface area contributed by atoms with Gasteiger partial charge in [0.15, 0.2) is 0 Å². The van der Waals surface area contributed by atoms with Crippen LogP contribution in [0.5, 0.6) is 11.5 Å². The van der Waals surface area contributed by atoms with Crippen molar-refractivity contribution in [2.24, 2.45) is 0 Å². The molecule has 0 aliphatic rings. The molecule has 1 aromatic heterocycles. The number of aromatic amines is 1. The van der Waals surface area contributed by atoms with Gasteiger partial charge in [-0.3, -0.25) is 9.89 Å². The van der Waals surface area contributed by atoms with E-state index < -0.39 is 0 Å². The standard InChI is InChI=1S/C14H17N3O4.C2H6/c1-9(8-20-2)21-12-6-10(5-11(18)7-12)14(19)16-13-3-4-15-17-13;1-2/h3-7,9,18H,8H2,1-2H3,(H2,15,16,17,19);1-2H3/t9-;/m0./s1. The predicted octanol–water partition coefficient (Wildman–Crippen LogP) is 2.81. The van der Waals surface area contributed by atoms with Crippen LogP contribution in [0, 0.1) is 0 Å². The summed E-state index contributed by atoms with van der Waals surface area (Å²) >= 11 is 0. The number of benzene rings is 1. The SMILES string of the molecule is CC.COC[C@H](C)Oc1cc(O)cc(C(=O)Nc2ccn[nH]2)c1. The highest BCUT2D eigenvalue weighted by Gasteiger charge is 2.12. The zero-order valence-corrected chi connectivity index (χ0v) is 13.8. The normalized spacial score (nSPS) is 11.1. The Labute approximate surface area is 135 Å². The molecule has 126 valence electrons. The molecule has 1 heterocycles. The zero-order chi connectivity index (χ0) is 17.2. The number of rotatable bonds is 6. The van der Waals surface area contributed by atoms with E-state index in [0.29, 0.717) is 18.2 Å². The van der Waals surface area contributed by atoms with E-state index >= 15 is 0 Å². The van der Waals surface area contributed by atoms with Gasteiger partial charge in [0.2, 0.25) is 0 Å². The van der Waals surface area contributed by atoms with Crippen LogP contribution in [-0.2, 0) is 4.74 Å². The average Bonchev–Trinajstić information content (AvgIpc) is 3.01. The Hall–Kier alpha value is -2.54. The number of hydrogen-bond donors (Lipinski definition) is 3. The Morgan fingerprint density at radius 2 is 2.13 bits per heavy atom. The van der Waals surface area contributed by atoms with Crippen molar-refractivity contribution in [3.05, 3.63) is 36.0 Å². The highest BCUT2D eigenvalue weighted by atomic mass is 16.5. The summed E-state index contributed by atoms with van der Waals surface area (Å²) in [5.41, 5.74) is 0.282. The second-order valence-corrected chi connectivity index (χ2v) is 4.52. The van der Waals surface area contributed by atoms with E-state index in [1.54, 1.807) is 19.2 Å². The minimum Gasteiger partial charge on any atom is -0.508 e. The summed E-state index contributed by atoms with van der Waals surface area (Å²) in [4.78, 5) is 12.1. The summed E-state index contributed by atoms with van der Waals surface area (Å²) in [5.74, 6) is 0.444. The smallest absolute Gasteiger partial charge is 0.257 e. The maximum Gasteiger partial charge on any atom is 0.257 e.